The molecule has 9 nitrogen and oxygen atoms in total. The second kappa shape index (κ2) is 9.81. The van der Waals surface area contributed by atoms with Crippen LogP contribution in [-0.2, 0) is 11.4 Å². The molecule has 0 radical (unpaired) electrons. The number of non-ortho nitro benzene ring substituents is 2. The SMILES string of the molecule is O=C1/C(=C\c2ccccc2OCc2ccc([N+](=O)[O-])cc2)SC(=S)N1c1cccc([N+](=O)[O-])c1. The zero-order valence-electron chi connectivity index (χ0n) is 17.3. The number of hydrogen-bond donors (Lipinski definition) is 0. The van der Waals surface area contributed by atoms with Gasteiger partial charge in [-0.15, -0.1) is 0 Å². The molecule has 1 fully saturated rings. The highest BCUT2D eigenvalue weighted by atomic mass is 32.2. The van der Waals surface area contributed by atoms with Crippen LogP contribution in [0.15, 0.2) is 77.7 Å². The van der Waals surface area contributed by atoms with E-state index in [1.54, 1.807) is 48.5 Å². The predicted octanol–water partition coefficient (Wildman–Crippen LogP) is 5.49. The largest absolute Gasteiger partial charge is 0.488 e. The monoisotopic (exact) mass is 493 g/mol. The van der Waals surface area contributed by atoms with Crippen LogP contribution < -0.4 is 9.64 Å². The Morgan fingerprint density at radius 1 is 0.941 bits per heavy atom. The maximum absolute atomic E-state index is 13.1. The number of carbonyl (C=O) groups excluding carboxylic acids is 1. The average Bonchev–Trinajstić information content (AvgIpc) is 3.11. The summed E-state index contributed by atoms with van der Waals surface area (Å²) in [6.07, 6.45) is 1.65. The van der Waals surface area contributed by atoms with Gasteiger partial charge in [0.15, 0.2) is 4.32 Å². The Labute approximate surface area is 202 Å². The Morgan fingerprint density at radius 3 is 2.35 bits per heavy atom. The lowest BCUT2D eigenvalue weighted by molar-refractivity contribution is -0.385. The van der Waals surface area contributed by atoms with Gasteiger partial charge in [-0.25, -0.2) is 0 Å². The lowest BCUT2D eigenvalue weighted by Gasteiger charge is -2.14. The first-order valence-electron chi connectivity index (χ1n) is 9.81. The molecule has 4 rings (SSSR count). The first kappa shape index (κ1) is 23.1. The summed E-state index contributed by atoms with van der Waals surface area (Å²) in [4.78, 5) is 35.6. The van der Waals surface area contributed by atoms with Crippen molar-refractivity contribution in [2.24, 2.45) is 0 Å². The highest BCUT2D eigenvalue weighted by Crippen LogP contribution is 2.38. The molecule has 1 aliphatic heterocycles. The number of thiocarbonyl (C=S) groups is 1. The summed E-state index contributed by atoms with van der Waals surface area (Å²) in [6, 6.07) is 18.9. The van der Waals surface area contributed by atoms with Gasteiger partial charge in [-0.05, 0) is 35.9 Å². The molecule has 11 heteroatoms. The fraction of sp³-hybridized carbons (Fsp3) is 0.0435. The highest BCUT2D eigenvalue weighted by molar-refractivity contribution is 8.27. The zero-order valence-corrected chi connectivity index (χ0v) is 19.0. The standard InChI is InChI=1S/C23H15N3O6S2/c27-22-21(34-23(33)24(22)18-5-3-6-19(13-18)26(30)31)12-16-4-1-2-7-20(16)32-14-15-8-10-17(11-9-15)25(28)29/h1-13H,14H2/b21-12+. The number of anilines is 1. The van der Waals surface area contributed by atoms with Gasteiger partial charge < -0.3 is 4.74 Å². The molecule has 3 aromatic carbocycles. The molecular formula is C23H15N3O6S2. The Hall–Kier alpha value is -4.09. The van der Waals surface area contributed by atoms with E-state index in [0.717, 1.165) is 17.3 Å². The van der Waals surface area contributed by atoms with Gasteiger partial charge in [0, 0.05) is 29.8 Å². The van der Waals surface area contributed by atoms with Crippen molar-refractivity contribution in [3.8, 4) is 5.75 Å². The van der Waals surface area contributed by atoms with Crippen molar-refractivity contribution >= 4 is 57.3 Å². The number of hydrogen-bond acceptors (Lipinski definition) is 8. The average molecular weight is 494 g/mol. The van der Waals surface area contributed by atoms with E-state index in [0.29, 0.717) is 21.9 Å². The molecular weight excluding hydrogens is 478 g/mol. The highest BCUT2D eigenvalue weighted by Gasteiger charge is 2.34. The Bertz CT molecular complexity index is 1340. The molecule has 3 aromatic rings. The van der Waals surface area contributed by atoms with Gasteiger partial charge in [-0.3, -0.25) is 29.9 Å². The zero-order chi connectivity index (χ0) is 24.2. The van der Waals surface area contributed by atoms with Crippen molar-refractivity contribution in [1.82, 2.24) is 0 Å². The van der Waals surface area contributed by atoms with Crippen molar-refractivity contribution in [2.75, 3.05) is 4.90 Å². The topological polar surface area (TPSA) is 116 Å². The molecule has 0 atom stereocenters. The molecule has 0 saturated carbocycles. The third-order valence-corrected chi connectivity index (χ3v) is 6.14. The van der Waals surface area contributed by atoms with Crippen molar-refractivity contribution in [2.45, 2.75) is 6.61 Å². The molecule has 0 spiro atoms. The molecule has 0 aromatic heterocycles. The first-order chi connectivity index (χ1) is 16.3. The van der Waals surface area contributed by atoms with E-state index in [1.807, 2.05) is 0 Å². The Balaban J connectivity index is 1.55. The van der Waals surface area contributed by atoms with Crippen molar-refractivity contribution < 1.29 is 19.4 Å². The summed E-state index contributed by atoms with van der Waals surface area (Å²) in [5.41, 5.74) is 1.57. The third kappa shape index (κ3) is 4.95. The number of amides is 1. The number of nitro benzene ring substituents is 2. The quantitative estimate of drug-likeness (QED) is 0.184. The first-order valence-corrected chi connectivity index (χ1v) is 11.0. The van der Waals surface area contributed by atoms with Crippen molar-refractivity contribution in [1.29, 1.82) is 0 Å². The summed E-state index contributed by atoms with van der Waals surface area (Å²) in [5.74, 6) is 0.127. The molecule has 1 heterocycles. The lowest BCUT2D eigenvalue weighted by Crippen LogP contribution is -2.27. The van der Waals surface area contributed by atoms with Crippen LogP contribution in [0.3, 0.4) is 0 Å². The molecule has 170 valence electrons. The summed E-state index contributed by atoms with van der Waals surface area (Å²) >= 11 is 6.45. The fourth-order valence-corrected chi connectivity index (χ4v) is 4.47. The molecule has 0 unspecified atom stereocenters. The van der Waals surface area contributed by atoms with Crippen LogP contribution in [0.4, 0.5) is 17.1 Å². The minimum absolute atomic E-state index is 0.00470. The van der Waals surface area contributed by atoms with Gasteiger partial charge in [-0.2, -0.15) is 0 Å². The molecule has 1 amide bonds. The number of nitrogens with zero attached hydrogens (tertiary/aromatic N) is 3. The van der Waals surface area contributed by atoms with Crippen LogP contribution in [0.5, 0.6) is 5.75 Å². The van der Waals surface area contributed by atoms with E-state index in [-0.39, 0.29) is 28.2 Å². The van der Waals surface area contributed by atoms with E-state index in [4.69, 9.17) is 17.0 Å². The molecule has 0 bridgehead atoms. The van der Waals surface area contributed by atoms with Crippen LogP contribution >= 0.6 is 24.0 Å². The molecule has 1 saturated heterocycles. The molecule has 34 heavy (non-hydrogen) atoms. The molecule has 1 aliphatic rings. The van der Waals surface area contributed by atoms with Gasteiger partial charge in [0.05, 0.1) is 20.4 Å². The summed E-state index contributed by atoms with van der Waals surface area (Å²) in [5, 5.41) is 21.9. The van der Waals surface area contributed by atoms with Gasteiger partial charge in [0.1, 0.15) is 12.4 Å². The summed E-state index contributed by atoms with van der Waals surface area (Å²) in [6.45, 7) is 0.178. The van der Waals surface area contributed by atoms with Crippen molar-refractivity contribution in [3.05, 3.63) is 109 Å². The minimum atomic E-state index is -0.532. The maximum Gasteiger partial charge on any atom is 0.271 e. The van der Waals surface area contributed by atoms with Gasteiger partial charge in [0.2, 0.25) is 0 Å². The van der Waals surface area contributed by atoms with Crippen LogP contribution in [-0.4, -0.2) is 20.1 Å². The Morgan fingerprint density at radius 2 is 1.65 bits per heavy atom. The van der Waals surface area contributed by atoms with E-state index < -0.39 is 9.85 Å². The van der Waals surface area contributed by atoms with Crippen molar-refractivity contribution in [3.63, 3.8) is 0 Å². The third-order valence-electron chi connectivity index (χ3n) is 4.84. The van der Waals surface area contributed by atoms with Crippen LogP contribution in [0.2, 0.25) is 0 Å². The van der Waals surface area contributed by atoms with E-state index in [9.17, 15) is 25.0 Å². The van der Waals surface area contributed by atoms with E-state index in [1.165, 1.54) is 35.2 Å². The second-order valence-corrected chi connectivity index (χ2v) is 8.72. The molecule has 0 N–H and O–H groups in total. The lowest BCUT2D eigenvalue weighted by atomic mass is 10.1. The number of rotatable bonds is 7. The smallest absolute Gasteiger partial charge is 0.271 e. The minimum Gasteiger partial charge on any atom is -0.488 e. The normalized spacial score (nSPS) is 14.5. The number of carbonyl (C=O) groups is 1. The van der Waals surface area contributed by atoms with Crippen LogP contribution in [0.1, 0.15) is 11.1 Å². The predicted molar refractivity (Wildman–Crippen MR) is 133 cm³/mol. The Kier molecular flexibility index (Phi) is 6.66. The van der Waals surface area contributed by atoms with Gasteiger partial charge in [0.25, 0.3) is 17.3 Å². The van der Waals surface area contributed by atoms with E-state index >= 15 is 0 Å². The number of nitro groups is 2. The number of ether oxygens (including phenoxy) is 1. The fourth-order valence-electron chi connectivity index (χ4n) is 3.18. The summed E-state index contributed by atoms with van der Waals surface area (Å²) in [7, 11) is 0. The number of para-hydroxylation sites is 1. The van der Waals surface area contributed by atoms with Gasteiger partial charge >= 0.3 is 0 Å². The van der Waals surface area contributed by atoms with E-state index in [2.05, 4.69) is 0 Å². The number of benzene rings is 3. The van der Waals surface area contributed by atoms with Crippen LogP contribution in [0, 0.1) is 20.2 Å². The molecule has 0 aliphatic carbocycles. The van der Waals surface area contributed by atoms with Gasteiger partial charge in [-0.1, -0.05) is 48.2 Å². The summed E-state index contributed by atoms with van der Waals surface area (Å²) < 4.78 is 6.16. The number of thioether (sulfide) groups is 1. The van der Waals surface area contributed by atoms with Crippen LogP contribution in [0.25, 0.3) is 6.08 Å². The second-order valence-electron chi connectivity index (χ2n) is 7.04. The maximum atomic E-state index is 13.1.